The quantitative estimate of drug-likeness (QED) is 0.844. The number of amides is 1. The zero-order valence-corrected chi connectivity index (χ0v) is 10.7. The number of hydrogen-bond acceptors (Lipinski definition) is 2. The van der Waals surface area contributed by atoms with Gasteiger partial charge < -0.3 is 10.6 Å². The standard InChI is InChI=1S/C14H19FN2O/c1-9-3-8-13(10(2)16-9)17-14(18)11-4-6-12(15)7-5-11/h4-7,9-10,13,16H,3,8H2,1-2H3,(H,17,18). The maximum Gasteiger partial charge on any atom is 0.251 e. The first-order valence-corrected chi connectivity index (χ1v) is 6.39. The lowest BCUT2D eigenvalue weighted by Crippen LogP contribution is -2.54. The van der Waals surface area contributed by atoms with Gasteiger partial charge in [0.05, 0.1) is 0 Å². The molecule has 2 N–H and O–H groups in total. The van der Waals surface area contributed by atoms with Crippen LogP contribution in [-0.4, -0.2) is 24.0 Å². The van der Waals surface area contributed by atoms with E-state index in [4.69, 9.17) is 0 Å². The van der Waals surface area contributed by atoms with Crippen molar-refractivity contribution in [1.29, 1.82) is 0 Å². The highest BCUT2D eigenvalue weighted by atomic mass is 19.1. The van der Waals surface area contributed by atoms with Crippen molar-refractivity contribution in [2.45, 2.75) is 44.8 Å². The van der Waals surface area contributed by atoms with Gasteiger partial charge in [0.1, 0.15) is 5.82 Å². The lowest BCUT2D eigenvalue weighted by atomic mass is 9.95. The van der Waals surface area contributed by atoms with E-state index in [1.54, 1.807) is 0 Å². The highest BCUT2D eigenvalue weighted by Gasteiger charge is 2.25. The van der Waals surface area contributed by atoms with Crippen molar-refractivity contribution in [2.75, 3.05) is 0 Å². The van der Waals surface area contributed by atoms with E-state index >= 15 is 0 Å². The summed E-state index contributed by atoms with van der Waals surface area (Å²) in [5.74, 6) is -0.462. The van der Waals surface area contributed by atoms with Gasteiger partial charge in [0, 0.05) is 23.7 Å². The van der Waals surface area contributed by atoms with Gasteiger partial charge in [0.15, 0.2) is 0 Å². The maximum absolute atomic E-state index is 12.8. The highest BCUT2D eigenvalue weighted by Crippen LogP contribution is 2.14. The van der Waals surface area contributed by atoms with E-state index < -0.39 is 0 Å². The monoisotopic (exact) mass is 250 g/mol. The van der Waals surface area contributed by atoms with Gasteiger partial charge in [-0.2, -0.15) is 0 Å². The number of rotatable bonds is 2. The van der Waals surface area contributed by atoms with Crippen LogP contribution in [0.3, 0.4) is 0 Å². The number of nitrogens with one attached hydrogen (secondary N) is 2. The van der Waals surface area contributed by atoms with Gasteiger partial charge in [-0.15, -0.1) is 0 Å². The average molecular weight is 250 g/mol. The van der Waals surface area contributed by atoms with E-state index in [9.17, 15) is 9.18 Å². The molecule has 1 aromatic carbocycles. The van der Waals surface area contributed by atoms with Crippen LogP contribution in [0.15, 0.2) is 24.3 Å². The predicted molar refractivity (Wildman–Crippen MR) is 68.9 cm³/mol. The average Bonchev–Trinajstić information content (AvgIpc) is 2.33. The molecule has 3 nitrogen and oxygen atoms in total. The van der Waals surface area contributed by atoms with Crippen molar-refractivity contribution in [3.8, 4) is 0 Å². The Bertz CT molecular complexity index is 418. The summed E-state index contributed by atoms with van der Waals surface area (Å²) in [5.41, 5.74) is 0.502. The minimum atomic E-state index is -0.326. The Morgan fingerprint density at radius 3 is 2.56 bits per heavy atom. The molecule has 98 valence electrons. The maximum atomic E-state index is 12.8. The summed E-state index contributed by atoms with van der Waals surface area (Å²) in [6, 6.07) is 6.53. The first-order valence-electron chi connectivity index (χ1n) is 6.39. The highest BCUT2D eigenvalue weighted by molar-refractivity contribution is 5.94. The second-order valence-corrected chi connectivity index (χ2v) is 5.02. The Balaban J connectivity index is 1.97. The van der Waals surface area contributed by atoms with Gasteiger partial charge in [-0.25, -0.2) is 4.39 Å². The molecule has 0 spiro atoms. The van der Waals surface area contributed by atoms with Gasteiger partial charge in [-0.3, -0.25) is 4.79 Å². The third-order valence-electron chi connectivity index (χ3n) is 3.48. The largest absolute Gasteiger partial charge is 0.348 e. The number of benzene rings is 1. The Hall–Kier alpha value is -1.42. The summed E-state index contributed by atoms with van der Waals surface area (Å²) in [4.78, 5) is 12.0. The van der Waals surface area contributed by atoms with Crippen molar-refractivity contribution >= 4 is 5.91 Å². The molecule has 0 bridgehead atoms. The molecule has 0 radical (unpaired) electrons. The SMILES string of the molecule is CC1CCC(NC(=O)c2ccc(F)cc2)C(C)N1. The normalized spacial score (nSPS) is 27.8. The van der Waals surface area contributed by atoms with E-state index in [-0.39, 0.29) is 23.8 Å². The zero-order valence-electron chi connectivity index (χ0n) is 10.7. The van der Waals surface area contributed by atoms with Crippen molar-refractivity contribution in [2.24, 2.45) is 0 Å². The molecule has 1 aliphatic heterocycles. The third-order valence-corrected chi connectivity index (χ3v) is 3.48. The first-order chi connectivity index (χ1) is 8.56. The summed E-state index contributed by atoms with van der Waals surface area (Å²) >= 11 is 0. The molecule has 0 aromatic heterocycles. The molecule has 1 fully saturated rings. The van der Waals surface area contributed by atoms with E-state index in [1.165, 1.54) is 24.3 Å². The van der Waals surface area contributed by atoms with Crippen LogP contribution in [0.1, 0.15) is 37.0 Å². The minimum absolute atomic E-state index is 0.136. The van der Waals surface area contributed by atoms with Crippen LogP contribution in [0.2, 0.25) is 0 Å². The molecule has 1 heterocycles. The molecule has 0 aliphatic carbocycles. The van der Waals surface area contributed by atoms with Gasteiger partial charge in [-0.1, -0.05) is 0 Å². The summed E-state index contributed by atoms with van der Waals surface area (Å²) < 4.78 is 12.8. The van der Waals surface area contributed by atoms with Gasteiger partial charge >= 0.3 is 0 Å². The van der Waals surface area contributed by atoms with Gasteiger partial charge in [0.2, 0.25) is 0 Å². The molecular weight excluding hydrogens is 231 g/mol. The molecule has 3 unspecified atom stereocenters. The van der Waals surface area contributed by atoms with E-state index in [1.807, 2.05) is 0 Å². The van der Waals surface area contributed by atoms with E-state index in [2.05, 4.69) is 24.5 Å². The van der Waals surface area contributed by atoms with Crippen molar-refractivity contribution in [3.05, 3.63) is 35.6 Å². The van der Waals surface area contributed by atoms with Gasteiger partial charge in [-0.05, 0) is 51.0 Å². The predicted octanol–water partition coefficient (Wildman–Crippen LogP) is 2.08. The summed E-state index contributed by atoms with van der Waals surface area (Å²) in [6.45, 7) is 4.22. The van der Waals surface area contributed by atoms with Crippen molar-refractivity contribution in [1.82, 2.24) is 10.6 Å². The number of carbonyl (C=O) groups is 1. The topological polar surface area (TPSA) is 41.1 Å². The minimum Gasteiger partial charge on any atom is -0.348 e. The number of hydrogen-bond donors (Lipinski definition) is 2. The smallest absolute Gasteiger partial charge is 0.251 e. The van der Waals surface area contributed by atoms with Crippen LogP contribution in [0.25, 0.3) is 0 Å². The van der Waals surface area contributed by atoms with Crippen LogP contribution in [-0.2, 0) is 0 Å². The lowest BCUT2D eigenvalue weighted by Gasteiger charge is -2.34. The number of carbonyl (C=O) groups excluding carboxylic acids is 1. The molecule has 1 saturated heterocycles. The fourth-order valence-electron chi connectivity index (χ4n) is 2.38. The molecule has 3 atom stereocenters. The Morgan fingerprint density at radius 1 is 1.28 bits per heavy atom. The fourth-order valence-corrected chi connectivity index (χ4v) is 2.38. The van der Waals surface area contributed by atoms with Crippen LogP contribution in [0, 0.1) is 5.82 Å². The molecular formula is C14H19FN2O. The van der Waals surface area contributed by atoms with Crippen molar-refractivity contribution < 1.29 is 9.18 Å². The zero-order chi connectivity index (χ0) is 13.1. The Labute approximate surface area is 107 Å². The lowest BCUT2D eigenvalue weighted by molar-refractivity contribution is 0.0914. The molecule has 1 amide bonds. The molecule has 1 aliphatic rings. The summed E-state index contributed by atoms with van der Waals surface area (Å²) in [6.07, 6.45) is 2.03. The Morgan fingerprint density at radius 2 is 1.94 bits per heavy atom. The number of halogens is 1. The summed E-state index contributed by atoms with van der Waals surface area (Å²) in [7, 11) is 0. The van der Waals surface area contributed by atoms with Crippen LogP contribution < -0.4 is 10.6 Å². The van der Waals surface area contributed by atoms with Crippen LogP contribution in [0.5, 0.6) is 0 Å². The van der Waals surface area contributed by atoms with Crippen LogP contribution >= 0.6 is 0 Å². The molecule has 4 heteroatoms. The van der Waals surface area contributed by atoms with Crippen molar-refractivity contribution in [3.63, 3.8) is 0 Å². The summed E-state index contributed by atoms with van der Waals surface area (Å²) in [5, 5.41) is 6.42. The van der Waals surface area contributed by atoms with Gasteiger partial charge in [0.25, 0.3) is 5.91 Å². The fraction of sp³-hybridized carbons (Fsp3) is 0.500. The third kappa shape index (κ3) is 3.07. The Kier molecular flexibility index (Phi) is 3.97. The molecule has 1 aromatic rings. The molecule has 0 saturated carbocycles. The first kappa shape index (κ1) is 13.0. The van der Waals surface area contributed by atoms with E-state index in [0.717, 1.165) is 12.8 Å². The molecule has 18 heavy (non-hydrogen) atoms. The van der Waals surface area contributed by atoms with E-state index in [0.29, 0.717) is 11.6 Å². The van der Waals surface area contributed by atoms with Crippen LogP contribution in [0.4, 0.5) is 4.39 Å². The molecule has 2 rings (SSSR count). The second-order valence-electron chi connectivity index (χ2n) is 5.02. The second kappa shape index (κ2) is 5.48. The number of piperidine rings is 1.